The Kier molecular flexibility index (Phi) is 4.45. The van der Waals surface area contributed by atoms with Gasteiger partial charge in [-0.15, -0.1) is 0 Å². The summed E-state index contributed by atoms with van der Waals surface area (Å²) < 4.78 is 0. The number of rotatable bonds is 4. The van der Waals surface area contributed by atoms with Gasteiger partial charge in [0.15, 0.2) is 0 Å². The lowest BCUT2D eigenvalue weighted by atomic mass is 9.93. The molecule has 4 nitrogen and oxygen atoms in total. The molecule has 2 aliphatic rings. The molecule has 0 bridgehead atoms. The number of nitrogens with one attached hydrogen (secondary N) is 1. The molecule has 0 radical (unpaired) electrons. The second kappa shape index (κ2) is 6.89. The summed E-state index contributed by atoms with van der Waals surface area (Å²) in [4.78, 5) is 14.8. The Morgan fingerprint density at radius 1 is 1.12 bits per heavy atom. The Hall–Kier alpha value is -2.33. The van der Waals surface area contributed by atoms with E-state index in [1.165, 1.54) is 5.56 Å². The van der Waals surface area contributed by atoms with Crippen LogP contribution >= 0.6 is 0 Å². The van der Waals surface area contributed by atoms with Gasteiger partial charge in [0.2, 0.25) is 0 Å². The number of carbonyl (C=O) groups is 1. The molecule has 2 unspecified atom stereocenters. The van der Waals surface area contributed by atoms with Gasteiger partial charge >= 0.3 is 6.03 Å². The van der Waals surface area contributed by atoms with E-state index >= 15 is 0 Å². The van der Waals surface area contributed by atoms with Crippen molar-refractivity contribution in [3.63, 3.8) is 0 Å². The van der Waals surface area contributed by atoms with Gasteiger partial charge in [0.05, 0.1) is 18.7 Å². The first-order valence-corrected chi connectivity index (χ1v) is 9.08. The minimum atomic E-state index is -0.263. The predicted octanol–water partition coefficient (Wildman–Crippen LogP) is 3.44. The largest absolute Gasteiger partial charge is 0.394 e. The van der Waals surface area contributed by atoms with Crippen LogP contribution in [0.1, 0.15) is 41.6 Å². The predicted molar refractivity (Wildman–Crippen MR) is 97.1 cm³/mol. The van der Waals surface area contributed by atoms with Crippen LogP contribution in [0.4, 0.5) is 4.79 Å². The highest BCUT2D eigenvalue weighted by atomic mass is 16.3. The average Bonchev–Trinajstić information content (AvgIpc) is 3.50. The molecule has 1 heterocycles. The first-order chi connectivity index (χ1) is 12.3. The first-order valence-electron chi connectivity index (χ1n) is 9.08. The van der Waals surface area contributed by atoms with Gasteiger partial charge in [-0.25, -0.2) is 4.79 Å². The van der Waals surface area contributed by atoms with Crippen LogP contribution in [0.5, 0.6) is 0 Å². The molecule has 4 rings (SSSR count). The van der Waals surface area contributed by atoms with Crippen LogP contribution < -0.4 is 5.32 Å². The molecule has 1 fully saturated rings. The number of nitrogens with zero attached hydrogens (tertiary/aromatic N) is 1. The van der Waals surface area contributed by atoms with E-state index in [0.29, 0.717) is 12.5 Å². The summed E-state index contributed by atoms with van der Waals surface area (Å²) in [7, 11) is 0. The van der Waals surface area contributed by atoms with Gasteiger partial charge in [0, 0.05) is 6.54 Å². The van der Waals surface area contributed by atoms with Crippen molar-refractivity contribution < 1.29 is 9.90 Å². The maximum absolute atomic E-state index is 13.0. The van der Waals surface area contributed by atoms with E-state index in [0.717, 1.165) is 30.4 Å². The highest BCUT2D eigenvalue weighted by Crippen LogP contribution is 2.41. The summed E-state index contributed by atoms with van der Waals surface area (Å²) in [5.41, 5.74) is 3.46. The minimum absolute atomic E-state index is 0.0517. The zero-order chi connectivity index (χ0) is 17.2. The molecule has 2 N–H and O–H groups in total. The second-order valence-corrected chi connectivity index (χ2v) is 7.02. The summed E-state index contributed by atoms with van der Waals surface area (Å²) in [5, 5.41) is 13.1. The van der Waals surface area contributed by atoms with Crippen molar-refractivity contribution in [1.29, 1.82) is 0 Å². The Morgan fingerprint density at radius 3 is 2.56 bits per heavy atom. The van der Waals surface area contributed by atoms with E-state index < -0.39 is 0 Å². The number of amides is 2. The summed E-state index contributed by atoms with van der Waals surface area (Å²) in [6.07, 6.45) is 3.15. The molecule has 2 atom stereocenters. The average molecular weight is 336 g/mol. The normalized spacial score (nSPS) is 20.7. The number of hydrogen-bond acceptors (Lipinski definition) is 2. The number of aliphatic hydroxyl groups is 1. The highest BCUT2D eigenvalue weighted by Gasteiger charge is 2.36. The zero-order valence-electron chi connectivity index (χ0n) is 14.3. The van der Waals surface area contributed by atoms with Crippen molar-refractivity contribution >= 4 is 6.03 Å². The molecule has 0 aromatic heterocycles. The number of carbonyl (C=O) groups excluding carboxylic acids is 1. The van der Waals surface area contributed by atoms with Gasteiger partial charge in [0.1, 0.15) is 0 Å². The molecule has 2 aromatic rings. The SMILES string of the molecule is O=C(NC(c1ccccc1)C1CC1)N1CCc2ccccc2C1CO. The fraction of sp³-hybridized carbons (Fsp3) is 0.381. The van der Waals surface area contributed by atoms with Gasteiger partial charge in [-0.2, -0.15) is 0 Å². The summed E-state index contributed by atoms with van der Waals surface area (Å²) in [6.45, 7) is 0.587. The lowest BCUT2D eigenvalue weighted by Gasteiger charge is -2.37. The third-order valence-corrected chi connectivity index (χ3v) is 5.38. The van der Waals surface area contributed by atoms with Crippen molar-refractivity contribution in [1.82, 2.24) is 10.2 Å². The quantitative estimate of drug-likeness (QED) is 0.899. The molecule has 0 saturated heterocycles. The van der Waals surface area contributed by atoms with E-state index in [1.54, 1.807) is 4.90 Å². The number of hydrogen-bond donors (Lipinski definition) is 2. The van der Waals surface area contributed by atoms with Gasteiger partial charge < -0.3 is 15.3 Å². The van der Waals surface area contributed by atoms with Gasteiger partial charge in [-0.1, -0.05) is 54.6 Å². The number of urea groups is 1. The maximum Gasteiger partial charge on any atom is 0.318 e. The van der Waals surface area contributed by atoms with Crippen LogP contribution in [0.15, 0.2) is 54.6 Å². The Bertz CT molecular complexity index is 743. The Labute approximate surface area is 148 Å². The molecular formula is C21H24N2O2. The molecule has 1 aliphatic heterocycles. The molecule has 25 heavy (non-hydrogen) atoms. The lowest BCUT2D eigenvalue weighted by Crippen LogP contribution is -2.48. The molecule has 1 aliphatic carbocycles. The van der Waals surface area contributed by atoms with Crippen LogP contribution in [-0.2, 0) is 6.42 Å². The van der Waals surface area contributed by atoms with Crippen LogP contribution in [0.3, 0.4) is 0 Å². The Morgan fingerprint density at radius 2 is 1.84 bits per heavy atom. The Balaban J connectivity index is 1.54. The highest BCUT2D eigenvalue weighted by molar-refractivity contribution is 5.76. The fourth-order valence-electron chi connectivity index (χ4n) is 3.87. The molecular weight excluding hydrogens is 312 g/mol. The van der Waals surface area contributed by atoms with Gasteiger partial charge in [-0.3, -0.25) is 0 Å². The van der Waals surface area contributed by atoms with Crippen LogP contribution in [-0.4, -0.2) is 29.2 Å². The van der Waals surface area contributed by atoms with Gasteiger partial charge in [-0.05, 0) is 41.9 Å². The zero-order valence-corrected chi connectivity index (χ0v) is 14.3. The van der Waals surface area contributed by atoms with Crippen LogP contribution in [0.25, 0.3) is 0 Å². The van der Waals surface area contributed by atoms with E-state index in [1.807, 2.05) is 36.4 Å². The second-order valence-electron chi connectivity index (χ2n) is 7.02. The van der Waals surface area contributed by atoms with Crippen molar-refractivity contribution in [3.8, 4) is 0 Å². The van der Waals surface area contributed by atoms with Crippen molar-refractivity contribution in [2.24, 2.45) is 5.92 Å². The minimum Gasteiger partial charge on any atom is -0.394 e. The number of fused-ring (bicyclic) bond motifs is 1. The molecule has 2 aromatic carbocycles. The standard InChI is InChI=1S/C21H24N2O2/c24-14-19-18-9-5-4-6-15(18)12-13-23(19)21(25)22-20(17-10-11-17)16-7-2-1-3-8-16/h1-9,17,19-20,24H,10-14H2,(H,22,25). The maximum atomic E-state index is 13.0. The molecule has 4 heteroatoms. The van der Waals surface area contributed by atoms with Crippen molar-refractivity contribution in [3.05, 3.63) is 71.3 Å². The molecule has 2 amide bonds. The first kappa shape index (κ1) is 16.2. The van der Waals surface area contributed by atoms with Crippen LogP contribution in [0, 0.1) is 5.92 Å². The summed E-state index contributed by atoms with van der Waals surface area (Å²) >= 11 is 0. The fourth-order valence-corrected chi connectivity index (χ4v) is 3.87. The molecule has 1 saturated carbocycles. The van der Waals surface area contributed by atoms with Crippen LogP contribution in [0.2, 0.25) is 0 Å². The molecule has 130 valence electrons. The smallest absolute Gasteiger partial charge is 0.318 e. The van der Waals surface area contributed by atoms with E-state index in [9.17, 15) is 9.90 Å². The van der Waals surface area contributed by atoms with Crippen molar-refractivity contribution in [2.45, 2.75) is 31.3 Å². The third-order valence-electron chi connectivity index (χ3n) is 5.38. The molecule has 0 spiro atoms. The van der Waals surface area contributed by atoms with Crippen molar-refractivity contribution in [2.75, 3.05) is 13.2 Å². The topological polar surface area (TPSA) is 52.6 Å². The van der Waals surface area contributed by atoms with E-state index in [4.69, 9.17) is 0 Å². The monoisotopic (exact) mass is 336 g/mol. The van der Waals surface area contributed by atoms with Gasteiger partial charge in [0.25, 0.3) is 0 Å². The third kappa shape index (κ3) is 3.27. The van der Waals surface area contributed by atoms with E-state index in [2.05, 4.69) is 23.5 Å². The number of benzene rings is 2. The van der Waals surface area contributed by atoms with E-state index in [-0.39, 0.29) is 24.7 Å². The number of aliphatic hydroxyl groups excluding tert-OH is 1. The summed E-state index contributed by atoms with van der Waals surface area (Å²) in [6, 6.07) is 18.0. The lowest BCUT2D eigenvalue weighted by molar-refractivity contribution is 0.124. The summed E-state index contributed by atoms with van der Waals surface area (Å²) in [5.74, 6) is 0.524.